The Bertz CT molecular complexity index is 1790. The van der Waals surface area contributed by atoms with Crippen molar-refractivity contribution in [3.8, 4) is 0 Å². The molecule has 6 aromatic carbocycles. The molecule has 0 radical (unpaired) electrons. The Morgan fingerprint density at radius 1 is 0.429 bits per heavy atom. The number of nitro benzene ring substituents is 2. The zero-order valence-electron chi connectivity index (χ0n) is 21.7. The summed E-state index contributed by atoms with van der Waals surface area (Å²) in [5.74, 6) is 0. The average molecular weight is 812 g/mol. The SMILES string of the molecule is O=[N+]([O-])c1ccc([Se]c2cccc3cccc([Se][Se]c4cccc5cccc([Se]c6ccc([N+](=O)[O-])cc6)c45)c23)cc1. The quantitative estimate of drug-likeness (QED) is 0.128. The van der Waals surface area contributed by atoms with Gasteiger partial charge < -0.3 is 0 Å². The van der Waals surface area contributed by atoms with Gasteiger partial charge >= 0.3 is 267 Å². The summed E-state index contributed by atoms with van der Waals surface area (Å²) in [5.41, 5.74) is 0.229. The summed E-state index contributed by atoms with van der Waals surface area (Å²) in [6.07, 6.45) is 0. The first-order valence-electron chi connectivity index (χ1n) is 12.7. The summed E-state index contributed by atoms with van der Waals surface area (Å²) in [6, 6.07) is 39.9. The minimum atomic E-state index is -0.358. The Balaban J connectivity index is 1.31. The van der Waals surface area contributed by atoms with Gasteiger partial charge in [-0.05, 0) is 0 Å². The molecular weight excluding hydrogens is 792 g/mol. The van der Waals surface area contributed by atoms with Gasteiger partial charge in [0.1, 0.15) is 0 Å². The van der Waals surface area contributed by atoms with E-state index in [1.54, 1.807) is 24.3 Å². The van der Waals surface area contributed by atoms with Gasteiger partial charge in [0.2, 0.25) is 0 Å². The van der Waals surface area contributed by atoms with Gasteiger partial charge in [0.25, 0.3) is 0 Å². The van der Waals surface area contributed by atoms with Crippen LogP contribution in [0.15, 0.2) is 121 Å². The van der Waals surface area contributed by atoms with Crippen molar-refractivity contribution in [3.05, 3.63) is 142 Å². The Hall–Kier alpha value is -3.28. The molecule has 0 aliphatic heterocycles. The summed E-state index contributed by atoms with van der Waals surface area (Å²) >= 11 is 0.507. The van der Waals surface area contributed by atoms with Crippen molar-refractivity contribution < 1.29 is 9.85 Å². The van der Waals surface area contributed by atoms with Gasteiger partial charge in [-0.2, -0.15) is 0 Å². The molecule has 0 unspecified atom stereocenters. The molecule has 0 N–H and O–H groups in total. The monoisotopic (exact) mass is 816 g/mol. The molecular formula is C32H20N2O4Se4. The van der Waals surface area contributed by atoms with Gasteiger partial charge in [-0.25, -0.2) is 0 Å². The zero-order chi connectivity index (χ0) is 29.1. The fourth-order valence-electron chi connectivity index (χ4n) is 4.47. The second-order valence-electron chi connectivity index (χ2n) is 9.09. The van der Waals surface area contributed by atoms with Crippen LogP contribution >= 0.6 is 0 Å². The molecule has 6 nitrogen and oxygen atoms in total. The zero-order valence-corrected chi connectivity index (χ0v) is 28.6. The summed E-state index contributed by atoms with van der Waals surface area (Å²) in [4.78, 5) is 21.5. The van der Waals surface area contributed by atoms with Crippen LogP contribution in [-0.2, 0) is 0 Å². The topological polar surface area (TPSA) is 86.3 Å². The van der Waals surface area contributed by atoms with E-state index in [4.69, 9.17) is 0 Å². The number of non-ortho nitro benzene ring substituents is 2. The van der Waals surface area contributed by atoms with Gasteiger partial charge in [-0.3, -0.25) is 0 Å². The number of rotatable bonds is 9. The van der Waals surface area contributed by atoms with Crippen molar-refractivity contribution in [2.75, 3.05) is 0 Å². The molecule has 6 aromatic rings. The van der Waals surface area contributed by atoms with Crippen LogP contribution in [0.1, 0.15) is 0 Å². The minimum absolute atomic E-state index is 0.0215. The van der Waals surface area contributed by atoms with Crippen LogP contribution in [0.4, 0.5) is 11.4 Å². The van der Waals surface area contributed by atoms with E-state index in [9.17, 15) is 20.2 Å². The number of fused-ring (bicyclic) bond motifs is 2. The second kappa shape index (κ2) is 12.9. The summed E-state index contributed by atoms with van der Waals surface area (Å²) in [5, 5.41) is 27.3. The van der Waals surface area contributed by atoms with E-state index >= 15 is 0 Å². The standard InChI is InChI=1S/C32H20N2O4Se4/c35-33(36)23-13-17-25(18-14-23)39-27-9-1-5-21-7-3-11-29(31(21)27)41-42-30-12-4-8-22-6-2-10-28(32(22)30)40-26-19-15-24(16-20-26)34(37)38/h1-20H. The summed E-state index contributed by atoms with van der Waals surface area (Å²) in [7, 11) is 0. The molecule has 0 fully saturated rings. The van der Waals surface area contributed by atoms with Crippen LogP contribution < -0.4 is 26.8 Å². The third-order valence-corrected chi connectivity index (χ3v) is 18.1. The van der Waals surface area contributed by atoms with E-state index < -0.39 is 0 Å². The van der Waals surface area contributed by atoms with Gasteiger partial charge in [-0.15, -0.1) is 0 Å². The van der Waals surface area contributed by atoms with Crippen LogP contribution in [0.5, 0.6) is 0 Å². The fourth-order valence-corrected chi connectivity index (χ4v) is 16.6. The number of nitrogens with zero attached hydrogens (tertiary/aromatic N) is 2. The van der Waals surface area contributed by atoms with E-state index in [0.29, 0.717) is 0 Å². The predicted molar refractivity (Wildman–Crippen MR) is 175 cm³/mol. The first-order chi connectivity index (χ1) is 20.5. The summed E-state index contributed by atoms with van der Waals surface area (Å²) in [6.45, 7) is 0. The Labute approximate surface area is 265 Å². The van der Waals surface area contributed by atoms with Crippen molar-refractivity contribution in [1.29, 1.82) is 0 Å². The second-order valence-corrected chi connectivity index (χ2v) is 20.0. The Morgan fingerprint density at radius 3 is 1.10 bits per heavy atom. The molecule has 0 saturated carbocycles. The van der Waals surface area contributed by atoms with Crippen LogP contribution in [0.2, 0.25) is 0 Å². The van der Waals surface area contributed by atoms with Gasteiger partial charge in [0.05, 0.1) is 0 Å². The van der Waals surface area contributed by atoms with E-state index in [1.807, 2.05) is 24.3 Å². The Kier molecular flexibility index (Phi) is 8.87. The fraction of sp³-hybridized carbons (Fsp3) is 0. The van der Waals surface area contributed by atoms with Crippen LogP contribution in [0.25, 0.3) is 21.5 Å². The van der Waals surface area contributed by atoms with Crippen molar-refractivity contribution >= 4 is 116 Å². The van der Waals surface area contributed by atoms with E-state index in [1.165, 1.54) is 39.4 Å². The van der Waals surface area contributed by atoms with Gasteiger partial charge in [0, 0.05) is 0 Å². The molecule has 0 bridgehead atoms. The van der Waals surface area contributed by atoms with Crippen molar-refractivity contribution in [1.82, 2.24) is 0 Å². The van der Waals surface area contributed by atoms with Crippen LogP contribution in [0, 0.1) is 20.2 Å². The maximum atomic E-state index is 11.1. The van der Waals surface area contributed by atoms with Crippen LogP contribution in [-0.4, -0.2) is 66.0 Å². The molecule has 0 amide bonds. The molecule has 0 aliphatic rings. The first kappa shape index (κ1) is 28.8. The molecule has 0 atom stereocenters. The summed E-state index contributed by atoms with van der Waals surface area (Å²) < 4.78 is 7.58. The van der Waals surface area contributed by atoms with Crippen molar-refractivity contribution in [3.63, 3.8) is 0 Å². The van der Waals surface area contributed by atoms with Gasteiger partial charge in [0.15, 0.2) is 0 Å². The van der Waals surface area contributed by atoms with E-state index in [2.05, 4.69) is 72.8 Å². The Morgan fingerprint density at radius 2 is 0.762 bits per heavy atom. The number of benzene rings is 6. The molecule has 0 spiro atoms. The third-order valence-electron chi connectivity index (χ3n) is 6.43. The first-order valence-corrected chi connectivity index (χ1v) is 22.2. The molecule has 42 heavy (non-hydrogen) atoms. The van der Waals surface area contributed by atoms with Gasteiger partial charge in [-0.1, -0.05) is 0 Å². The molecule has 6 rings (SSSR count). The molecule has 206 valence electrons. The van der Waals surface area contributed by atoms with Crippen LogP contribution in [0.3, 0.4) is 0 Å². The molecule has 0 aromatic heterocycles. The molecule has 0 aliphatic carbocycles. The van der Waals surface area contributed by atoms with E-state index in [0.717, 1.165) is 8.92 Å². The predicted octanol–water partition coefficient (Wildman–Crippen LogP) is 2.39. The molecule has 0 saturated heterocycles. The number of nitro groups is 2. The normalized spacial score (nSPS) is 11.1. The maximum absolute atomic E-state index is 11.1. The molecule has 0 heterocycles. The number of hydrogen-bond acceptors (Lipinski definition) is 4. The third kappa shape index (κ3) is 6.38. The number of hydrogen-bond donors (Lipinski definition) is 0. The van der Waals surface area contributed by atoms with E-state index in [-0.39, 0.29) is 77.4 Å². The van der Waals surface area contributed by atoms with Crippen molar-refractivity contribution in [2.45, 2.75) is 0 Å². The van der Waals surface area contributed by atoms with Crippen molar-refractivity contribution in [2.24, 2.45) is 0 Å². The average Bonchev–Trinajstić information content (AvgIpc) is 3.00. The molecule has 10 heteroatoms.